The van der Waals surface area contributed by atoms with Crippen molar-refractivity contribution in [3.63, 3.8) is 0 Å². The SMILES string of the molecule is NC(Nc1ccc(S(=O)(=O)N2CCOCC2)cc1)c1cccc2ccccc12. The van der Waals surface area contributed by atoms with Gasteiger partial charge >= 0.3 is 0 Å². The van der Waals surface area contributed by atoms with Crippen LogP contribution < -0.4 is 11.1 Å². The van der Waals surface area contributed by atoms with Gasteiger partial charge < -0.3 is 15.8 Å². The first-order valence-electron chi connectivity index (χ1n) is 9.23. The Hall–Kier alpha value is -2.45. The van der Waals surface area contributed by atoms with Gasteiger partial charge in [-0.15, -0.1) is 0 Å². The van der Waals surface area contributed by atoms with Gasteiger partial charge in [-0.3, -0.25) is 0 Å². The average Bonchev–Trinajstić information content (AvgIpc) is 2.74. The number of ether oxygens (including phenoxy) is 1. The van der Waals surface area contributed by atoms with E-state index in [1.54, 1.807) is 24.3 Å². The minimum absolute atomic E-state index is 0.277. The molecule has 6 nitrogen and oxygen atoms in total. The Morgan fingerprint density at radius 1 is 0.929 bits per heavy atom. The number of sulfonamides is 1. The number of nitrogens with zero attached hydrogens (tertiary/aromatic N) is 1. The van der Waals surface area contributed by atoms with Crippen LogP contribution in [0.25, 0.3) is 10.8 Å². The van der Waals surface area contributed by atoms with E-state index in [0.717, 1.165) is 22.0 Å². The van der Waals surface area contributed by atoms with E-state index in [9.17, 15) is 8.42 Å². The maximum atomic E-state index is 12.7. The maximum absolute atomic E-state index is 12.7. The molecule has 1 saturated heterocycles. The second kappa shape index (κ2) is 7.89. The number of nitrogens with one attached hydrogen (secondary N) is 1. The predicted molar refractivity (Wildman–Crippen MR) is 111 cm³/mol. The van der Waals surface area contributed by atoms with Crippen LogP contribution in [-0.4, -0.2) is 39.0 Å². The van der Waals surface area contributed by atoms with Crippen LogP contribution >= 0.6 is 0 Å². The number of nitrogens with two attached hydrogens (primary N) is 1. The Morgan fingerprint density at radius 3 is 2.36 bits per heavy atom. The van der Waals surface area contributed by atoms with Crippen LogP contribution in [0.15, 0.2) is 71.6 Å². The number of anilines is 1. The average molecular weight is 398 g/mol. The predicted octanol–water partition coefficient (Wildman–Crippen LogP) is 2.93. The summed E-state index contributed by atoms with van der Waals surface area (Å²) in [4.78, 5) is 0.277. The number of hydrogen-bond donors (Lipinski definition) is 2. The fourth-order valence-corrected chi connectivity index (χ4v) is 4.85. The lowest BCUT2D eigenvalue weighted by Crippen LogP contribution is -2.40. The van der Waals surface area contributed by atoms with Gasteiger partial charge in [-0.05, 0) is 40.6 Å². The van der Waals surface area contributed by atoms with Crippen molar-refractivity contribution in [1.29, 1.82) is 0 Å². The molecule has 1 aliphatic heterocycles. The zero-order chi connectivity index (χ0) is 19.6. The Bertz CT molecular complexity index is 1060. The van der Waals surface area contributed by atoms with Crippen LogP contribution in [0.4, 0.5) is 5.69 Å². The van der Waals surface area contributed by atoms with Crippen molar-refractivity contribution in [2.45, 2.75) is 11.1 Å². The van der Waals surface area contributed by atoms with Gasteiger partial charge in [-0.1, -0.05) is 42.5 Å². The maximum Gasteiger partial charge on any atom is 0.243 e. The molecule has 1 aliphatic rings. The molecule has 4 rings (SSSR count). The highest BCUT2D eigenvalue weighted by molar-refractivity contribution is 7.89. The number of rotatable bonds is 5. The van der Waals surface area contributed by atoms with Crippen LogP contribution in [-0.2, 0) is 14.8 Å². The number of morpholine rings is 1. The first-order chi connectivity index (χ1) is 13.6. The highest BCUT2D eigenvalue weighted by Crippen LogP contribution is 2.25. The van der Waals surface area contributed by atoms with Crippen LogP contribution in [0.1, 0.15) is 11.7 Å². The molecule has 146 valence electrons. The summed E-state index contributed by atoms with van der Waals surface area (Å²) in [7, 11) is -3.49. The molecule has 0 bridgehead atoms. The number of benzene rings is 3. The molecule has 1 heterocycles. The molecule has 0 amide bonds. The van der Waals surface area contributed by atoms with Gasteiger partial charge in [0.2, 0.25) is 10.0 Å². The van der Waals surface area contributed by atoms with E-state index in [2.05, 4.69) is 17.4 Å². The van der Waals surface area contributed by atoms with Crippen molar-refractivity contribution in [2.75, 3.05) is 31.6 Å². The van der Waals surface area contributed by atoms with Gasteiger partial charge in [0.1, 0.15) is 6.17 Å². The summed E-state index contributed by atoms with van der Waals surface area (Å²) in [5.74, 6) is 0. The normalized spacial score (nSPS) is 16.8. The summed E-state index contributed by atoms with van der Waals surface area (Å²) in [6.07, 6.45) is -0.409. The van der Waals surface area contributed by atoms with Crippen molar-refractivity contribution in [3.05, 3.63) is 72.3 Å². The third-order valence-corrected chi connectivity index (χ3v) is 6.86. The Labute approximate surface area is 165 Å². The molecule has 0 spiro atoms. The second-order valence-corrected chi connectivity index (χ2v) is 8.67. The number of hydrogen-bond acceptors (Lipinski definition) is 5. The molecule has 1 fully saturated rings. The van der Waals surface area contributed by atoms with Gasteiger partial charge in [0.05, 0.1) is 18.1 Å². The summed E-state index contributed by atoms with van der Waals surface area (Å²) < 4.78 is 32.1. The molecule has 3 aromatic carbocycles. The molecule has 0 aromatic heterocycles. The van der Waals surface area contributed by atoms with E-state index in [0.29, 0.717) is 26.3 Å². The largest absolute Gasteiger partial charge is 0.379 e. The summed E-state index contributed by atoms with van der Waals surface area (Å²) in [6, 6.07) is 20.8. The topological polar surface area (TPSA) is 84.7 Å². The molecule has 28 heavy (non-hydrogen) atoms. The molecule has 3 N–H and O–H groups in total. The molecule has 1 atom stereocenters. The van der Waals surface area contributed by atoms with Gasteiger partial charge in [-0.2, -0.15) is 4.31 Å². The fourth-order valence-electron chi connectivity index (χ4n) is 3.44. The van der Waals surface area contributed by atoms with E-state index in [-0.39, 0.29) is 4.90 Å². The quantitative estimate of drug-likeness (QED) is 0.647. The lowest BCUT2D eigenvalue weighted by molar-refractivity contribution is 0.0730. The lowest BCUT2D eigenvalue weighted by atomic mass is 10.0. The lowest BCUT2D eigenvalue weighted by Gasteiger charge is -2.26. The molecular weight excluding hydrogens is 374 g/mol. The van der Waals surface area contributed by atoms with Crippen molar-refractivity contribution in [2.24, 2.45) is 5.73 Å². The molecule has 1 unspecified atom stereocenters. The molecule has 0 saturated carbocycles. The van der Waals surface area contributed by atoms with E-state index in [1.165, 1.54) is 4.31 Å². The van der Waals surface area contributed by atoms with Crippen LogP contribution in [0.5, 0.6) is 0 Å². The highest BCUT2D eigenvalue weighted by atomic mass is 32.2. The van der Waals surface area contributed by atoms with Gasteiger partial charge in [0, 0.05) is 18.8 Å². The third-order valence-electron chi connectivity index (χ3n) is 4.94. The minimum Gasteiger partial charge on any atom is -0.379 e. The third kappa shape index (κ3) is 3.74. The Morgan fingerprint density at radius 2 is 1.61 bits per heavy atom. The van der Waals surface area contributed by atoms with Crippen molar-refractivity contribution >= 4 is 26.5 Å². The standard InChI is InChI=1S/C21H23N3O3S/c22-21(20-7-3-5-16-4-1-2-6-19(16)20)23-17-8-10-18(11-9-17)28(25,26)24-12-14-27-15-13-24/h1-11,21,23H,12-15,22H2. The molecule has 0 radical (unpaired) electrons. The Balaban J connectivity index is 1.53. The summed E-state index contributed by atoms with van der Waals surface area (Å²) in [6.45, 7) is 1.63. The van der Waals surface area contributed by atoms with E-state index in [4.69, 9.17) is 10.5 Å². The molecule has 7 heteroatoms. The van der Waals surface area contributed by atoms with E-state index >= 15 is 0 Å². The second-order valence-electron chi connectivity index (χ2n) is 6.73. The van der Waals surface area contributed by atoms with Crippen LogP contribution in [0, 0.1) is 0 Å². The van der Waals surface area contributed by atoms with Crippen LogP contribution in [0.3, 0.4) is 0 Å². The first kappa shape index (κ1) is 18.9. The van der Waals surface area contributed by atoms with Gasteiger partial charge in [0.15, 0.2) is 0 Å². The molecule has 3 aromatic rings. The summed E-state index contributed by atoms with van der Waals surface area (Å²) in [5, 5.41) is 5.48. The molecule has 0 aliphatic carbocycles. The van der Waals surface area contributed by atoms with Crippen molar-refractivity contribution in [3.8, 4) is 0 Å². The Kier molecular flexibility index (Phi) is 5.32. The smallest absolute Gasteiger partial charge is 0.243 e. The monoisotopic (exact) mass is 397 g/mol. The summed E-state index contributed by atoms with van der Waals surface area (Å²) in [5.41, 5.74) is 8.14. The van der Waals surface area contributed by atoms with Gasteiger partial charge in [0.25, 0.3) is 0 Å². The fraction of sp³-hybridized carbons (Fsp3) is 0.238. The zero-order valence-corrected chi connectivity index (χ0v) is 16.2. The zero-order valence-electron chi connectivity index (χ0n) is 15.4. The highest BCUT2D eigenvalue weighted by Gasteiger charge is 2.26. The van der Waals surface area contributed by atoms with Crippen molar-refractivity contribution in [1.82, 2.24) is 4.31 Å². The number of fused-ring (bicyclic) bond motifs is 1. The first-order valence-corrected chi connectivity index (χ1v) is 10.7. The van der Waals surface area contributed by atoms with Crippen molar-refractivity contribution < 1.29 is 13.2 Å². The van der Waals surface area contributed by atoms with Gasteiger partial charge in [-0.25, -0.2) is 8.42 Å². The van der Waals surface area contributed by atoms with E-state index < -0.39 is 16.2 Å². The summed E-state index contributed by atoms with van der Waals surface area (Å²) >= 11 is 0. The minimum atomic E-state index is -3.49. The van der Waals surface area contributed by atoms with Crippen LogP contribution in [0.2, 0.25) is 0 Å². The van der Waals surface area contributed by atoms with E-state index in [1.807, 2.05) is 30.3 Å². The molecular formula is C21H23N3O3S.